The number of rotatable bonds is 6. The molecule has 1 aromatic carbocycles. The van der Waals surface area contributed by atoms with E-state index in [1.165, 1.54) is 0 Å². The van der Waals surface area contributed by atoms with Gasteiger partial charge in [0.2, 0.25) is 0 Å². The maximum atomic E-state index is 9.71. The molecule has 4 heteroatoms. The lowest BCUT2D eigenvalue weighted by atomic mass is 10.1. The Morgan fingerprint density at radius 1 is 1.26 bits per heavy atom. The van der Waals surface area contributed by atoms with Gasteiger partial charge in [0, 0.05) is 24.0 Å². The molecule has 0 radical (unpaired) electrons. The Bertz CT molecular complexity index is 496. The van der Waals surface area contributed by atoms with E-state index in [1.54, 1.807) is 11.3 Å². The molecule has 0 amide bonds. The lowest BCUT2D eigenvalue weighted by molar-refractivity contribution is 0.123. The number of aliphatic hydroxyl groups is 1. The molecule has 1 unspecified atom stereocenters. The topological polar surface area (TPSA) is 45.1 Å². The van der Waals surface area contributed by atoms with Crippen LogP contribution in [-0.2, 0) is 6.54 Å². The highest BCUT2D eigenvalue weighted by Crippen LogP contribution is 2.21. The average molecular weight is 276 g/mol. The number of thiazole rings is 1. The van der Waals surface area contributed by atoms with Crippen molar-refractivity contribution in [2.75, 3.05) is 6.54 Å². The van der Waals surface area contributed by atoms with Crippen molar-refractivity contribution in [3.63, 3.8) is 0 Å². The van der Waals surface area contributed by atoms with Crippen LogP contribution in [0.25, 0.3) is 11.3 Å². The van der Waals surface area contributed by atoms with Crippen LogP contribution in [0.1, 0.15) is 18.9 Å². The van der Waals surface area contributed by atoms with Gasteiger partial charge in [-0.3, -0.25) is 0 Å². The molecule has 1 atom stereocenters. The Balaban J connectivity index is 1.88. The highest BCUT2D eigenvalue weighted by Gasteiger charge is 2.09. The van der Waals surface area contributed by atoms with Crippen molar-refractivity contribution < 1.29 is 5.11 Å². The normalized spacial score (nSPS) is 12.8. The third-order valence-electron chi connectivity index (χ3n) is 3.02. The van der Waals surface area contributed by atoms with Crippen LogP contribution >= 0.6 is 11.3 Å². The Kier molecular flexibility index (Phi) is 5.07. The van der Waals surface area contributed by atoms with Crippen LogP contribution in [0.4, 0.5) is 0 Å². The van der Waals surface area contributed by atoms with E-state index < -0.39 is 0 Å². The van der Waals surface area contributed by atoms with E-state index in [0.717, 1.165) is 16.3 Å². The molecule has 19 heavy (non-hydrogen) atoms. The summed E-state index contributed by atoms with van der Waals surface area (Å²) in [5, 5.41) is 16.1. The first kappa shape index (κ1) is 14.2. The summed E-state index contributed by atoms with van der Waals surface area (Å²) in [7, 11) is 0. The van der Waals surface area contributed by atoms with E-state index in [9.17, 15) is 5.11 Å². The molecule has 2 rings (SSSR count). The summed E-state index contributed by atoms with van der Waals surface area (Å²) in [5.41, 5.74) is 2.17. The lowest BCUT2D eigenvalue weighted by Gasteiger charge is -2.14. The van der Waals surface area contributed by atoms with Crippen LogP contribution in [0.3, 0.4) is 0 Å². The zero-order valence-electron chi connectivity index (χ0n) is 11.3. The Morgan fingerprint density at radius 3 is 2.68 bits per heavy atom. The third-order valence-corrected chi connectivity index (χ3v) is 3.87. The second-order valence-corrected chi connectivity index (χ2v) is 5.88. The number of hydrogen-bond donors (Lipinski definition) is 2. The van der Waals surface area contributed by atoms with Gasteiger partial charge in [-0.15, -0.1) is 11.3 Å². The maximum absolute atomic E-state index is 9.71. The first-order valence-electron chi connectivity index (χ1n) is 6.55. The van der Waals surface area contributed by atoms with Gasteiger partial charge in [0.15, 0.2) is 0 Å². The third kappa shape index (κ3) is 4.13. The summed E-state index contributed by atoms with van der Waals surface area (Å²) < 4.78 is 0. The summed E-state index contributed by atoms with van der Waals surface area (Å²) in [6.45, 7) is 5.35. The first-order chi connectivity index (χ1) is 9.16. The molecule has 2 N–H and O–H groups in total. The van der Waals surface area contributed by atoms with Gasteiger partial charge in [0.25, 0.3) is 0 Å². The van der Waals surface area contributed by atoms with Gasteiger partial charge < -0.3 is 10.4 Å². The van der Waals surface area contributed by atoms with Gasteiger partial charge in [-0.25, -0.2) is 4.98 Å². The lowest BCUT2D eigenvalue weighted by Crippen LogP contribution is -2.30. The van der Waals surface area contributed by atoms with Crippen molar-refractivity contribution in [2.45, 2.75) is 26.5 Å². The van der Waals surface area contributed by atoms with E-state index in [4.69, 9.17) is 0 Å². The van der Waals surface area contributed by atoms with Crippen LogP contribution in [-0.4, -0.2) is 22.7 Å². The summed E-state index contributed by atoms with van der Waals surface area (Å²) in [6.07, 6.45) is -0.298. The number of hydrogen-bond acceptors (Lipinski definition) is 4. The highest BCUT2D eigenvalue weighted by atomic mass is 32.1. The van der Waals surface area contributed by atoms with Gasteiger partial charge in [0.05, 0.1) is 11.8 Å². The molecule has 102 valence electrons. The number of benzene rings is 1. The minimum absolute atomic E-state index is 0.281. The largest absolute Gasteiger partial charge is 0.392 e. The van der Waals surface area contributed by atoms with Crippen LogP contribution in [0.2, 0.25) is 0 Å². The molecule has 2 aromatic rings. The van der Waals surface area contributed by atoms with E-state index in [1.807, 2.05) is 32.0 Å². The molecular weight excluding hydrogens is 256 g/mol. The van der Waals surface area contributed by atoms with E-state index in [0.29, 0.717) is 13.1 Å². The van der Waals surface area contributed by atoms with Gasteiger partial charge in [-0.2, -0.15) is 0 Å². The fraction of sp³-hybridized carbons (Fsp3) is 0.400. The quantitative estimate of drug-likeness (QED) is 0.852. The standard InChI is InChI=1S/C15H20N2OS/c1-11(2)14(18)8-16-9-15-17-13(10-19-15)12-6-4-3-5-7-12/h3-7,10-11,14,16,18H,8-9H2,1-2H3. The fourth-order valence-corrected chi connectivity index (χ4v) is 2.47. The van der Waals surface area contributed by atoms with E-state index in [-0.39, 0.29) is 12.0 Å². The fourth-order valence-electron chi connectivity index (χ4n) is 1.70. The molecule has 1 aromatic heterocycles. The predicted molar refractivity (Wildman–Crippen MR) is 80.1 cm³/mol. The maximum Gasteiger partial charge on any atom is 0.107 e. The minimum atomic E-state index is -0.298. The summed E-state index contributed by atoms with van der Waals surface area (Å²) >= 11 is 1.65. The van der Waals surface area contributed by atoms with Crippen LogP contribution in [0.15, 0.2) is 35.7 Å². The molecule has 0 fully saturated rings. The second-order valence-electron chi connectivity index (χ2n) is 4.93. The minimum Gasteiger partial charge on any atom is -0.392 e. The molecule has 0 aliphatic heterocycles. The van der Waals surface area contributed by atoms with Gasteiger partial charge >= 0.3 is 0 Å². The van der Waals surface area contributed by atoms with E-state index in [2.05, 4.69) is 27.8 Å². The van der Waals surface area contributed by atoms with Crippen molar-refractivity contribution >= 4 is 11.3 Å². The van der Waals surface area contributed by atoms with Gasteiger partial charge in [-0.1, -0.05) is 44.2 Å². The molecule has 0 spiro atoms. The zero-order valence-corrected chi connectivity index (χ0v) is 12.2. The van der Waals surface area contributed by atoms with Crippen molar-refractivity contribution in [2.24, 2.45) is 5.92 Å². The van der Waals surface area contributed by atoms with Crippen molar-refractivity contribution in [1.29, 1.82) is 0 Å². The number of nitrogens with zero attached hydrogens (tertiary/aromatic N) is 1. The van der Waals surface area contributed by atoms with Crippen LogP contribution in [0, 0.1) is 5.92 Å². The van der Waals surface area contributed by atoms with Crippen molar-refractivity contribution in [3.05, 3.63) is 40.7 Å². The SMILES string of the molecule is CC(C)C(O)CNCc1nc(-c2ccccc2)cs1. The molecule has 3 nitrogen and oxygen atoms in total. The molecule has 1 heterocycles. The molecule has 0 saturated heterocycles. The zero-order chi connectivity index (χ0) is 13.7. The van der Waals surface area contributed by atoms with Crippen molar-refractivity contribution in [1.82, 2.24) is 10.3 Å². The Morgan fingerprint density at radius 2 is 2.00 bits per heavy atom. The second kappa shape index (κ2) is 6.80. The number of nitrogens with one attached hydrogen (secondary N) is 1. The Labute approximate surface area is 118 Å². The summed E-state index contributed by atoms with van der Waals surface area (Å²) in [4.78, 5) is 4.60. The number of aliphatic hydroxyl groups excluding tert-OH is 1. The van der Waals surface area contributed by atoms with Gasteiger partial charge in [0.1, 0.15) is 5.01 Å². The molecule has 0 bridgehead atoms. The van der Waals surface area contributed by atoms with Crippen LogP contribution in [0.5, 0.6) is 0 Å². The Hall–Kier alpha value is -1.23. The van der Waals surface area contributed by atoms with Crippen molar-refractivity contribution in [3.8, 4) is 11.3 Å². The monoisotopic (exact) mass is 276 g/mol. The molecular formula is C15H20N2OS. The smallest absolute Gasteiger partial charge is 0.107 e. The van der Waals surface area contributed by atoms with Gasteiger partial charge in [-0.05, 0) is 5.92 Å². The molecule has 0 saturated carbocycles. The average Bonchev–Trinajstić information content (AvgIpc) is 2.88. The number of aromatic nitrogens is 1. The first-order valence-corrected chi connectivity index (χ1v) is 7.43. The van der Waals surface area contributed by atoms with E-state index >= 15 is 0 Å². The molecule has 0 aliphatic rings. The van der Waals surface area contributed by atoms with Crippen LogP contribution < -0.4 is 5.32 Å². The highest BCUT2D eigenvalue weighted by molar-refractivity contribution is 7.09. The summed E-state index contributed by atoms with van der Waals surface area (Å²) in [5.74, 6) is 0.281. The predicted octanol–water partition coefficient (Wildman–Crippen LogP) is 2.92. The molecule has 0 aliphatic carbocycles. The summed E-state index contributed by atoms with van der Waals surface area (Å²) in [6, 6.07) is 10.2.